The predicted molar refractivity (Wildman–Crippen MR) is 79.5 cm³/mol. The molecule has 0 saturated carbocycles. The van der Waals surface area contributed by atoms with Crippen LogP contribution in [0.15, 0.2) is 36.0 Å². The second-order valence-electron chi connectivity index (χ2n) is 5.51. The SMILES string of the molecule is CNC(=O)C1=CN2CCN(Cc3ccc(F)cc3)C(=O)C2C1=O. The molecule has 1 aromatic rings. The summed E-state index contributed by atoms with van der Waals surface area (Å²) in [6.45, 7) is 1.23. The van der Waals surface area contributed by atoms with Gasteiger partial charge in [0.15, 0.2) is 6.04 Å². The number of piperazine rings is 1. The third-order valence-electron chi connectivity index (χ3n) is 4.07. The van der Waals surface area contributed by atoms with Crippen molar-refractivity contribution in [1.29, 1.82) is 0 Å². The van der Waals surface area contributed by atoms with E-state index in [4.69, 9.17) is 0 Å². The van der Waals surface area contributed by atoms with E-state index < -0.39 is 17.7 Å². The molecule has 120 valence electrons. The molecule has 2 aliphatic heterocycles. The van der Waals surface area contributed by atoms with Crippen LogP contribution in [0.2, 0.25) is 0 Å². The summed E-state index contributed by atoms with van der Waals surface area (Å²) in [7, 11) is 1.44. The molecule has 0 spiro atoms. The first-order valence-corrected chi connectivity index (χ1v) is 7.28. The summed E-state index contributed by atoms with van der Waals surface area (Å²) in [6.07, 6.45) is 1.46. The van der Waals surface area contributed by atoms with E-state index in [1.807, 2.05) is 0 Å². The van der Waals surface area contributed by atoms with Crippen molar-refractivity contribution in [3.8, 4) is 0 Å². The van der Waals surface area contributed by atoms with Crippen LogP contribution >= 0.6 is 0 Å². The summed E-state index contributed by atoms with van der Waals surface area (Å²) < 4.78 is 12.9. The van der Waals surface area contributed by atoms with Gasteiger partial charge >= 0.3 is 0 Å². The van der Waals surface area contributed by atoms with Gasteiger partial charge in [-0.15, -0.1) is 0 Å². The van der Waals surface area contributed by atoms with E-state index >= 15 is 0 Å². The smallest absolute Gasteiger partial charge is 0.256 e. The number of benzene rings is 1. The van der Waals surface area contributed by atoms with Gasteiger partial charge in [0.05, 0.1) is 0 Å². The molecule has 2 aliphatic rings. The highest BCUT2D eigenvalue weighted by Crippen LogP contribution is 2.24. The number of Topliss-reactive ketones (excluding diaryl/α,β-unsaturated/α-hetero) is 1. The molecule has 2 heterocycles. The number of fused-ring (bicyclic) bond motifs is 1. The van der Waals surface area contributed by atoms with Crippen molar-refractivity contribution in [3.05, 3.63) is 47.4 Å². The highest BCUT2D eigenvalue weighted by atomic mass is 19.1. The van der Waals surface area contributed by atoms with Crippen molar-refractivity contribution < 1.29 is 18.8 Å². The Bertz CT molecular complexity index is 699. The first-order valence-electron chi connectivity index (χ1n) is 7.28. The maximum absolute atomic E-state index is 12.9. The van der Waals surface area contributed by atoms with E-state index in [1.165, 1.54) is 25.4 Å². The third-order valence-corrected chi connectivity index (χ3v) is 4.07. The van der Waals surface area contributed by atoms with Crippen LogP contribution in [0.25, 0.3) is 0 Å². The minimum absolute atomic E-state index is 0.00878. The van der Waals surface area contributed by atoms with Gasteiger partial charge in [0.25, 0.3) is 11.8 Å². The first kappa shape index (κ1) is 15.2. The number of halogens is 1. The molecule has 2 amide bonds. The molecule has 1 fully saturated rings. The zero-order valence-electron chi connectivity index (χ0n) is 12.6. The Morgan fingerprint density at radius 2 is 1.96 bits per heavy atom. The van der Waals surface area contributed by atoms with Crippen molar-refractivity contribution in [2.75, 3.05) is 20.1 Å². The molecule has 0 aromatic heterocycles. The average Bonchev–Trinajstić information content (AvgIpc) is 2.89. The fourth-order valence-corrected chi connectivity index (χ4v) is 2.84. The summed E-state index contributed by atoms with van der Waals surface area (Å²) in [5.41, 5.74) is 0.799. The predicted octanol–water partition coefficient (Wildman–Crippen LogP) is 0.0511. The van der Waals surface area contributed by atoms with Crippen molar-refractivity contribution >= 4 is 17.6 Å². The zero-order valence-corrected chi connectivity index (χ0v) is 12.6. The Kier molecular flexibility index (Phi) is 3.85. The molecule has 0 radical (unpaired) electrons. The third kappa shape index (κ3) is 2.69. The normalized spacial score (nSPS) is 20.4. The van der Waals surface area contributed by atoms with E-state index in [1.54, 1.807) is 21.9 Å². The molecule has 6 nitrogen and oxygen atoms in total. The van der Waals surface area contributed by atoms with Crippen LogP contribution < -0.4 is 5.32 Å². The van der Waals surface area contributed by atoms with E-state index in [0.29, 0.717) is 19.6 Å². The number of hydrogen-bond acceptors (Lipinski definition) is 4. The molecule has 1 N–H and O–H groups in total. The molecule has 0 bridgehead atoms. The fraction of sp³-hybridized carbons (Fsp3) is 0.312. The number of amides is 2. The summed E-state index contributed by atoms with van der Waals surface area (Å²) in [4.78, 5) is 39.8. The van der Waals surface area contributed by atoms with E-state index in [2.05, 4.69) is 5.32 Å². The van der Waals surface area contributed by atoms with Crippen LogP contribution in [0.5, 0.6) is 0 Å². The van der Waals surface area contributed by atoms with Crippen molar-refractivity contribution in [2.24, 2.45) is 0 Å². The summed E-state index contributed by atoms with van der Waals surface area (Å²) in [5.74, 6) is -1.63. The minimum atomic E-state index is -0.962. The standard InChI is InChI=1S/C16H16FN3O3/c1-18-15(22)12-9-19-6-7-20(16(23)13(19)14(12)21)8-10-2-4-11(17)5-3-10/h2-5,9,13H,6-8H2,1H3,(H,18,22). The van der Waals surface area contributed by atoms with Crippen LogP contribution in [-0.2, 0) is 20.9 Å². The highest BCUT2D eigenvalue weighted by Gasteiger charge is 2.45. The van der Waals surface area contributed by atoms with Crippen LogP contribution in [0.3, 0.4) is 0 Å². The quantitative estimate of drug-likeness (QED) is 0.632. The Balaban J connectivity index is 1.75. The number of rotatable bonds is 3. The zero-order chi connectivity index (χ0) is 16.6. The van der Waals surface area contributed by atoms with Gasteiger partial charge in [-0.3, -0.25) is 14.4 Å². The first-order chi connectivity index (χ1) is 11.0. The molecule has 1 unspecified atom stereocenters. The Labute approximate surface area is 132 Å². The number of likely N-dealkylation sites (N-methyl/N-ethyl adjacent to an activating group) is 1. The monoisotopic (exact) mass is 317 g/mol. The fourth-order valence-electron chi connectivity index (χ4n) is 2.84. The molecule has 7 heteroatoms. The highest BCUT2D eigenvalue weighted by molar-refractivity contribution is 6.28. The van der Waals surface area contributed by atoms with Gasteiger partial charge in [0.1, 0.15) is 11.4 Å². The summed E-state index contributed by atoms with van der Waals surface area (Å²) in [6, 6.07) is 4.93. The lowest BCUT2D eigenvalue weighted by atomic mass is 10.0. The van der Waals surface area contributed by atoms with Crippen molar-refractivity contribution in [2.45, 2.75) is 12.6 Å². The Morgan fingerprint density at radius 1 is 1.26 bits per heavy atom. The van der Waals surface area contributed by atoms with E-state index in [0.717, 1.165) is 5.56 Å². The van der Waals surface area contributed by atoms with Crippen LogP contribution in [0.1, 0.15) is 5.56 Å². The lowest BCUT2D eigenvalue weighted by Crippen LogP contribution is -2.55. The lowest BCUT2D eigenvalue weighted by Gasteiger charge is -2.36. The maximum Gasteiger partial charge on any atom is 0.256 e. The van der Waals surface area contributed by atoms with E-state index in [9.17, 15) is 18.8 Å². The summed E-state index contributed by atoms with van der Waals surface area (Å²) >= 11 is 0. The number of ketones is 1. The molecule has 1 aromatic carbocycles. The molecule has 23 heavy (non-hydrogen) atoms. The second-order valence-corrected chi connectivity index (χ2v) is 5.51. The Hall–Kier alpha value is -2.70. The van der Waals surface area contributed by atoms with E-state index in [-0.39, 0.29) is 17.3 Å². The van der Waals surface area contributed by atoms with Gasteiger partial charge < -0.3 is 15.1 Å². The molecule has 1 saturated heterocycles. The Morgan fingerprint density at radius 3 is 2.61 bits per heavy atom. The van der Waals surface area contributed by atoms with Gasteiger partial charge in [-0.05, 0) is 17.7 Å². The molecule has 1 atom stereocenters. The number of carbonyl (C=O) groups is 3. The summed E-state index contributed by atoms with van der Waals surface area (Å²) in [5, 5.41) is 2.40. The number of nitrogens with one attached hydrogen (secondary N) is 1. The molecule has 0 aliphatic carbocycles. The largest absolute Gasteiger partial charge is 0.357 e. The molecular weight excluding hydrogens is 301 g/mol. The average molecular weight is 317 g/mol. The molecular formula is C16H16FN3O3. The topological polar surface area (TPSA) is 69.7 Å². The van der Waals surface area contributed by atoms with Gasteiger partial charge in [0.2, 0.25) is 5.78 Å². The second kappa shape index (κ2) is 5.83. The minimum Gasteiger partial charge on any atom is -0.357 e. The van der Waals surface area contributed by atoms with Crippen LogP contribution in [0.4, 0.5) is 4.39 Å². The number of hydrogen-bond donors (Lipinski definition) is 1. The molecule has 3 rings (SSSR count). The van der Waals surface area contributed by atoms with Crippen molar-refractivity contribution in [1.82, 2.24) is 15.1 Å². The van der Waals surface area contributed by atoms with Crippen molar-refractivity contribution in [3.63, 3.8) is 0 Å². The van der Waals surface area contributed by atoms with Gasteiger partial charge in [0, 0.05) is 32.9 Å². The van der Waals surface area contributed by atoms with Gasteiger partial charge in [-0.25, -0.2) is 4.39 Å². The van der Waals surface area contributed by atoms with Gasteiger partial charge in [-0.2, -0.15) is 0 Å². The van der Waals surface area contributed by atoms with Crippen LogP contribution in [-0.4, -0.2) is 53.6 Å². The lowest BCUT2D eigenvalue weighted by molar-refractivity contribution is -0.144. The maximum atomic E-state index is 12.9. The number of carbonyl (C=O) groups excluding carboxylic acids is 3. The number of nitrogens with zero attached hydrogens (tertiary/aromatic N) is 2. The van der Waals surface area contributed by atoms with Gasteiger partial charge in [-0.1, -0.05) is 12.1 Å². The van der Waals surface area contributed by atoms with Crippen LogP contribution in [0, 0.1) is 5.82 Å².